The molecule has 0 radical (unpaired) electrons. The topological polar surface area (TPSA) is 68.0 Å². The van der Waals surface area contributed by atoms with Crippen LogP contribution in [0.15, 0.2) is 78.9 Å². The molecule has 0 saturated heterocycles. The molecule has 4 rings (SSSR count). The van der Waals surface area contributed by atoms with Gasteiger partial charge in [-0.25, -0.2) is 4.98 Å². The average Bonchev–Trinajstić information content (AvgIpc) is 2.79. The van der Waals surface area contributed by atoms with E-state index in [0.717, 1.165) is 16.7 Å². The van der Waals surface area contributed by atoms with Gasteiger partial charge in [0.05, 0.1) is 11.6 Å². The van der Waals surface area contributed by atoms with E-state index in [1.54, 1.807) is 18.2 Å². The number of halogens is 1. The van der Waals surface area contributed by atoms with Crippen molar-refractivity contribution in [3.63, 3.8) is 0 Å². The highest BCUT2D eigenvalue weighted by molar-refractivity contribution is 6.29. The molecule has 0 aliphatic rings. The highest BCUT2D eigenvalue weighted by atomic mass is 35.5. The molecule has 0 fully saturated rings. The molecule has 0 aliphatic heterocycles. The largest absolute Gasteiger partial charge is 0.485 e. The molecule has 3 aromatic carbocycles. The summed E-state index contributed by atoms with van der Waals surface area (Å²) >= 11 is 6.22. The van der Waals surface area contributed by atoms with E-state index in [9.17, 15) is 5.26 Å². The number of hydrogen-bond donors (Lipinski definition) is 0. The van der Waals surface area contributed by atoms with Crippen molar-refractivity contribution in [3.8, 4) is 34.8 Å². The maximum atomic E-state index is 9.29. The van der Waals surface area contributed by atoms with Gasteiger partial charge in [0.15, 0.2) is 17.3 Å². The van der Waals surface area contributed by atoms with E-state index in [0.29, 0.717) is 29.5 Å². The van der Waals surface area contributed by atoms with Crippen LogP contribution in [0.1, 0.15) is 16.7 Å². The predicted molar refractivity (Wildman–Crippen MR) is 119 cm³/mol. The van der Waals surface area contributed by atoms with Gasteiger partial charge in [-0.1, -0.05) is 71.8 Å². The van der Waals surface area contributed by atoms with Gasteiger partial charge in [-0.2, -0.15) is 10.2 Å². The minimum atomic E-state index is 0.253. The van der Waals surface area contributed by atoms with Crippen LogP contribution in [-0.4, -0.2) is 9.97 Å². The van der Waals surface area contributed by atoms with Crippen molar-refractivity contribution in [1.82, 2.24) is 9.97 Å². The summed E-state index contributed by atoms with van der Waals surface area (Å²) in [5.74, 6) is 1.58. The third-order valence-electron chi connectivity index (χ3n) is 4.51. The third-order valence-corrected chi connectivity index (χ3v) is 4.70. The zero-order valence-electron chi connectivity index (χ0n) is 16.7. The van der Waals surface area contributed by atoms with Gasteiger partial charge in [0.25, 0.3) is 0 Å². The van der Waals surface area contributed by atoms with E-state index < -0.39 is 0 Å². The summed E-state index contributed by atoms with van der Waals surface area (Å²) in [4.78, 5) is 8.79. The molecular weight excluding hydrogens is 410 g/mol. The molecule has 152 valence electrons. The van der Waals surface area contributed by atoms with Crippen LogP contribution in [0.2, 0.25) is 5.15 Å². The molecule has 0 spiro atoms. The van der Waals surface area contributed by atoms with E-state index >= 15 is 0 Å². The lowest BCUT2D eigenvalue weighted by Crippen LogP contribution is -1.99. The van der Waals surface area contributed by atoms with Crippen LogP contribution in [0.3, 0.4) is 0 Å². The van der Waals surface area contributed by atoms with Crippen molar-refractivity contribution in [3.05, 3.63) is 101 Å². The maximum Gasteiger partial charge on any atom is 0.224 e. The highest BCUT2D eigenvalue weighted by Gasteiger charge is 2.12. The van der Waals surface area contributed by atoms with Gasteiger partial charge < -0.3 is 9.47 Å². The Labute approximate surface area is 185 Å². The van der Waals surface area contributed by atoms with Gasteiger partial charge in [-0.05, 0) is 24.6 Å². The number of nitrogens with zero attached hydrogens (tertiary/aromatic N) is 3. The first-order valence-electron chi connectivity index (χ1n) is 9.61. The number of aryl methyl sites for hydroxylation is 1. The molecule has 0 saturated carbocycles. The zero-order chi connectivity index (χ0) is 21.6. The van der Waals surface area contributed by atoms with Crippen molar-refractivity contribution >= 4 is 11.6 Å². The molecule has 0 aliphatic carbocycles. The minimum absolute atomic E-state index is 0.253. The fourth-order valence-electron chi connectivity index (χ4n) is 2.91. The van der Waals surface area contributed by atoms with Crippen LogP contribution in [0.5, 0.6) is 17.4 Å². The summed E-state index contributed by atoms with van der Waals surface area (Å²) in [7, 11) is 0. The standard InChI is InChI=1S/C25H18ClN3O2/c1-17-7-10-20(11-8-17)25-28-23(26)14-24(29-25)31-22-13-19(15-27)9-12-21(22)30-16-18-5-3-2-4-6-18/h2-14H,16H2,1H3. The molecule has 5 nitrogen and oxygen atoms in total. The van der Waals surface area contributed by atoms with Gasteiger partial charge in [0.2, 0.25) is 5.88 Å². The molecule has 6 heteroatoms. The van der Waals surface area contributed by atoms with Crippen molar-refractivity contribution in [2.45, 2.75) is 13.5 Å². The van der Waals surface area contributed by atoms with E-state index in [1.807, 2.05) is 61.5 Å². The van der Waals surface area contributed by atoms with Gasteiger partial charge >= 0.3 is 0 Å². The molecular formula is C25H18ClN3O2. The van der Waals surface area contributed by atoms with Gasteiger partial charge in [0.1, 0.15) is 11.8 Å². The summed E-state index contributed by atoms with van der Waals surface area (Å²) in [5.41, 5.74) is 3.42. The lowest BCUT2D eigenvalue weighted by Gasteiger charge is -2.13. The Hall–Kier alpha value is -3.88. The number of aromatic nitrogens is 2. The monoisotopic (exact) mass is 427 g/mol. The number of benzene rings is 3. The quantitative estimate of drug-likeness (QED) is 0.335. The van der Waals surface area contributed by atoms with Gasteiger partial charge in [0, 0.05) is 17.7 Å². The number of ether oxygens (including phenoxy) is 2. The molecule has 4 aromatic rings. The molecule has 1 heterocycles. The zero-order valence-corrected chi connectivity index (χ0v) is 17.5. The summed E-state index contributed by atoms with van der Waals surface area (Å²) in [5, 5.41) is 9.55. The van der Waals surface area contributed by atoms with Crippen LogP contribution >= 0.6 is 11.6 Å². The van der Waals surface area contributed by atoms with Crippen molar-refractivity contribution in [2.24, 2.45) is 0 Å². The van der Waals surface area contributed by atoms with E-state index in [2.05, 4.69) is 16.0 Å². The first kappa shape index (κ1) is 20.4. The normalized spacial score (nSPS) is 10.4. The molecule has 1 aromatic heterocycles. The summed E-state index contributed by atoms with van der Waals surface area (Å²) in [6.07, 6.45) is 0. The van der Waals surface area contributed by atoms with Crippen LogP contribution < -0.4 is 9.47 Å². The number of hydrogen-bond acceptors (Lipinski definition) is 5. The average molecular weight is 428 g/mol. The Morgan fingerprint density at radius 1 is 0.903 bits per heavy atom. The summed E-state index contributed by atoms with van der Waals surface area (Å²) < 4.78 is 11.9. The van der Waals surface area contributed by atoms with Crippen LogP contribution in [0.25, 0.3) is 11.4 Å². The summed E-state index contributed by atoms with van der Waals surface area (Å²) in [6.45, 7) is 2.37. The smallest absolute Gasteiger partial charge is 0.224 e. The number of nitriles is 1. The number of rotatable bonds is 6. The van der Waals surface area contributed by atoms with Crippen LogP contribution in [-0.2, 0) is 6.61 Å². The molecule has 0 atom stereocenters. The second-order valence-electron chi connectivity index (χ2n) is 6.87. The van der Waals surface area contributed by atoms with E-state index in [1.165, 1.54) is 6.07 Å². The van der Waals surface area contributed by atoms with Crippen LogP contribution in [0, 0.1) is 18.3 Å². The van der Waals surface area contributed by atoms with E-state index in [4.69, 9.17) is 21.1 Å². The maximum absolute atomic E-state index is 9.29. The molecule has 31 heavy (non-hydrogen) atoms. The Bertz CT molecular complexity index is 1240. The molecule has 0 unspecified atom stereocenters. The third kappa shape index (κ3) is 5.19. The Morgan fingerprint density at radius 2 is 1.68 bits per heavy atom. The fraction of sp³-hybridized carbons (Fsp3) is 0.0800. The molecule has 0 N–H and O–H groups in total. The van der Waals surface area contributed by atoms with Crippen molar-refractivity contribution in [2.75, 3.05) is 0 Å². The predicted octanol–water partition coefficient (Wildman–Crippen LogP) is 6.35. The van der Waals surface area contributed by atoms with Gasteiger partial charge in [-0.15, -0.1) is 0 Å². The Kier molecular flexibility index (Phi) is 6.11. The Morgan fingerprint density at radius 3 is 2.42 bits per heavy atom. The fourth-order valence-corrected chi connectivity index (χ4v) is 3.08. The SMILES string of the molecule is Cc1ccc(-c2nc(Cl)cc(Oc3cc(C#N)ccc3OCc3ccccc3)n2)cc1. The lowest BCUT2D eigenvalue weighted by atomic mass is 10.1. The first-order valence-corrected chi connectivity index (χ1v) is 9.99. The van der Waals surface area contributed by atoms with Crippen molar-refractivity contribution in [1.29, 1.82) is 5.26 Å². The van der Waals surface area contributed by atoms with E-state index in [-0.39, 0.29) is 11.0 Å². The molecule has 0 amide bonds. The summed E-state index contributed by atoms with van der Waals surface area (Å²) in [6, 6.07) is 26.2. The van der Waals surface area contributed by atoms with Crippen LogP contribution in [0.4, 0.5) is 0 Å². The van der Waals surface area contributed by atoms with Crippen molar-refractivity contribution < 1.29 is 9.47 Å². The lowest BCUT2D eigenvalue weighted by molar-refractivity contribution is 0.290. The Balaban J connectivity index is 1.63. The van der Waals surface area contributed by atoms with Gasteiger partial charge in [-0.3, -0.25) is 0 Å². The molecule has 0 bridgehead atoms. The second-order valence-corrected chi connectivity index (χ2v) is 7.26. The first-order chi connectivity index (χ1) is 15.1. The second kappa shape index (κ2) is 9.29. The highest BCUT2D eigenvalue weighted by Crippen LogP contribution is 2.34. The minimum Gasteiger partial charge on any atom is -0.485 e.